The lowest BCUT2D eigenvalue weighted by atomic mass is 10.1. The van der Waals surface area contributed by atoms with E-state index in [2.05, 4.69) is 17.2 Å². The molecule has 0 bridgehead atoms. The van der Waals surface area contributed by atoms with Gasteiger partial charge in [-0.2, -0.15) is 0 Å². The van der Waals surface area contributed by atoms with E-state index < -0.39 is 0 Å². The highest BCUT2D eigenvalue weighted by Crippen LogP contribution is 2.14. The van der Waals surface area contributed by atoms with Crippen LogP contribution in [0.15, 0.2) is 48.8 Å². The first kappa shape index (κ1) is 11.6. The lowest BCUT2D eigenvalue weighted by Crippen LogP contribution is -2.17. The standard InChI is InChI=1S/C14H16N2O/c1-11(13-5-7-15-8-6-13)16-10-12-3-2-4-14(17)9-12/h2-9,11,16-17H,10H2,1H3/t11-/m1/s1. The van der Waals surface area contributed by atoms with Gasteiger partial charge in [0.1, 0.15) is 5.75 Å². The third kappa shape index (κ3) is 3.29. The number of hydrogen-bond acceptors (Lipinski definition) is 3. The van der Waals surface area contributed by atoms with Gasteiger partial charge >= 0.3 is 0 Å². The summed E-state index contributed by atoms with van der Waals surface area (Å²) in [5, 5.41) is 12.8. The molecule has 17 heavy (non-hydrogen) atoms. The predicted molar refractivity (Wildman–Crippen MR) is 67.6 cm³/mol. The highest BCUT2D eigenvalue weighted by atomic mass is 16.3. The SMILES string of the molecule is C[C@@H](NCc1cccc(O)c1)c1ccncc1. The molecule has 1 heterocycles. The minimum atomic E-state index is 0.264. The molecule has 0 saturated heterocycles. The largest absolute Gasteiger partial charge is 0.508 e. The summed E-state index contributed by atoms with van der Waals surface area (Å²) in [6, 6.07) is 11.6. The fourth-order valence-corrected chi connectivity index (χ4v) is 1.71. The number of benzene rings is 1. The molecule has 0 fully saturated rings. The van der Waals surface area contributed by atoms with Crippen molar-refractivity contribution in [2.45, 2.75) is 19.5 Å². The van der Waals surface area contributed by atoms with Crippen LogP contribution in [0.1, 0.15) is 24.1 Å². The van der Waals surface area contributed by atoms with Crippen LogP contribution in [-0.2, 0) is 6.54 Å². The first-order valence-corrected chi connectivity index (χ1v) is 5.67. The van der Waals surface area contributed by atoms with Gasteiger partial charge in [0.05, 0.1) is 0 Å². The van der Waals surface area contributed by atoms with Crippen LogP contribution in [0.2, 0.25) is 0 Å². The molecule has 0 amide bonds. The number of phenols is 1. The lowest BCUT2D eigenvalue weighted by Gasteiger charge is -2.14. The van der Waals surface area contributed by atoms with Crippen molar-refractivity contribution in [1.29, 1.82) is 0 Å². The maximum Gasteiger partial charge on any atom is 0.115 e. The molecule has 3 nitrogen and oxygen atoms in total. The summed E-state index contributed by atoms with van der Waals surface area (Å²) in [6.45, 7) is 2.84. The third-order valence-corrected chi connectivity index (χ3v) is 2.73. The molecule has 3 heteroatoms. The monoisotopic (exact) mass is 228 g/mol. The van der Waals surface area contributed by atoms with Gasteiger partial charge in [-0.25, -0.2) is 0 Å². The van der Waals surface area contributed by atoms with Gasteiger partial charge in [-0.05, 0) is 42.3 Å². The molecule has 0 aliphatic carbocycles. The molecule has 2 rings (SSSR count). The second-order valence-corrected chi connectivity index (χ2v) is 4.05. The maximum absolute atomic E-state index is 9.36. The number of pyridine rings is 1. The predicted octanol–water partition coefficient (Wildman–Crippen LogP) is 2.64. The van der Waals surface area contributed by atoms with Crippen LogP contribution in [0.5, 0.6) is 5.75 Å². The Kier molecular flexibility index (Phi) is 3.73. The molecule has 0 radical (unpaired) electrons. The van der Waals surface area contributed by atoms with Crippen molar-refractivity contribution in [1.82, 2.24) is 10.3 Å². The highest BCUT2D eigenvalue weighted by molar-refractivity contribution is 5.27. The van der Waals surface area contributed by atoms with Crippen LogP contribution in [0.4, 0.5) is 0 Å². The van der Waals surface area contributed by atoms with Crippen LogP contribution in [-0.4, -0.2) is 10.1 Å². The van der Waals surface area contributed by atoms with Crippen molar-refractivity contribution >= 4 is 0 Å². The smallest absolute Gasteiger partial charge is 0.115 e. The third-order valence-electron chi connectivity index (χ3n) is 2.73. The van der Waals surface area contributed by atoms with Gasteiger partial charge in [-0.1, -0.05) is 12.1 Å². The number of nitrogens with zero attached hydrogens (tertiary/aromatic N) is 1. The Morgan fingerprint density at radius 1 is 1.24 bits per heavy atom. The molecule has 2 N–H and O–H groups in total. The van der Waals surface area contributed by atoms with Crippen molar-refractivity contribution in [3.8, 4) is 5.75 Å². The second-order valence-electron chi connectivity index (χ2n) is 4.05. The van der Waals surface area contributed by atoms with Gasteiger partial charge < -0.3 is 10.4 Å². The van der Waals surface area contributed by atoms with Gasteiger partial charge in [-0.15, -0.1) is 0 Å². The molecule has 1 aromatic carbocycles. The molecule has 0 saturated carbocycles. The van der Waals surface area contributed by atoms with Gasteiger partial charge in [0.25, 0.3) is 0 Å². The van der Waals surface area contributed by atoms with Crippen molar-refractivity contribution in [3.63, 3.8) is 0 Å². The van der Waals surface area contributed by atoms with Gasteiger partial charge in [-0.3, -0.25) is 4.98 Å². The van der Waals surface area contributed by atoms with Crippen LogP contribution in [0.3, 0.4) is 0 Å². The molecular weight excluding hydrogens is 212 g/mol. The second kappa shape index (κ2) is 5.46. The molecule has 0 aliphatic heterocycles. The summed E-state index contributed by atoms with van der Waals surface area (Å²) < 4.78 is 0. The topological polar surface area (TPSA) is 45.1 Å². The molecule has 88 valence electrons. The summed E-state index contributed by atoms with van der Waals surface area (Å²) in [6.07, 6.45) is 3.59. The van der Waals surface area contributed by atoms with Crippen LogP contribution >= 0.6 is 0 Å². The number of phenolic OH excluding ortho intramolecular Hbond substituents is 1. The van der Waals surface area contributed by atoms with Crippen LogP contribution < -0.4 is 5.32 Å². The Bertz CT molecular complexity index is 471. The number of nitrogens with one attached hydrogen (secondary N) is 1. The summed E-state index contributed by atoms with van der Waals surface area (Å²) >= 11 is 0. The van der Waals surface area contributed by atoms with E-state index in [1.807, 2.05) is 24.3 Å². The first-order valence-electron chi connectivity index (χ1n) is 5.67. The van der Waals surface area contributed by atoms with E-state index >= 15 is 0 Å². The average molecular weight is 228 g/mol. The summed E-state index contributed by atoms with van der Waals surface area (Å²) in [4.78, 5) is 4.00. The lowest BCUT2D eigenvalue weighted by molar-refractivity contribution is 0.473. The van der Waals surface area contributed by atoms with E-state index in [4.69, 9.17) is 0 Å². The molecule has 1 aromatic heterocycles. The minimum Gasteiger partial charge on any atom is -0.508 e. The van der Waals surface area contributed by atoms with Gasteiger partial charge in [0, 0.05) is 25.0 Å². The van der Waals surface area contributed by atoms with Crippen molar-refractivity contribution < 1.29 is 5.11 Å². The average Bonchev–Trinajstić information content (AvgIpc) is 2.37. The zero-order valence-electron chi connectivity index (χ0n) is 9.80. The van der Waals surface area contributed by atoms with Crippen LogP contribution in [0, 0.1) is 0 Å². The molecule has 0 aliphatic rings. The van der Waals surface area contributed by atoms with Gasteiger partial charge in [0.2, 0.25) is 0 Å². The van der Waals surface area contributed by atoms with E-state index in [-0.39, 0.29) is 6.04 Å². The molecule has 2 aromatic rings. The maximum atomic E-state index is 9.36. The minimum absolute atomic E-state index is 0.264. The number of aromatic hydroxyl groups is 1. The zero-order chi connectivity index (χ0) is 12.1. The number of hydrogen-bond donors (Lipinski definition) is 2. The quantitative estimate of drug-likeness (QED) is 0.845. The van der Waals surface area contributed by atoms with Crippen molar-refractivity contribution in [2.24, 2.45) is 0 Å². The summed E-state index contributed by atoms with van der Waals surface area (Å²) in [5.74, 6) is 0.306. The summed E-state index contributed by atoms with van der Waals surface area (Å²) in [5.41, 5.74) is 2.28. The molecule has 0 spiro atoms. The normalized spacial score (nSPS) is 12.3. The number of aromatic nitrogens is 1. The Morgan fingerprint density at radius 3 is 2.71 bits per heavy atom. The van der Waals surface area contributed by atoms with Crippen molar-refractivity contribution in [3.05, 3.63) is 59.9 Å². The molecular formula is C14H16N2O. The highest BCUT2D eigenvalue weighted by Gasteiger charge is 2.04. The fourth-order valence-electron chi connectivity index (χ4n) is 1.71. The molecule has 0 unspecified atom stereocenters. The Balaban J connectivity index is 1.95. The fraction of sp³-hybridized carbons (Fsp3) is 0.214. The van der Waals surface area contributed by atoms with E-state index in [9.17, 15) is 5.11 Å². The Labute approximate surface area is 101 Å². The first-order chi connectivity index (χ1) is 8.25. The summed E-state index contributed by atoms with van der Waals surface area (Å²) in [7, 11) is 0. The van der Waals surface area contributed by atoms with E-state index in [0.29, 0.717) is 5.75 Å². The van der Waals surface area contributed by atoms with Gasteiger partial charge in [0.15, 0.2) is 0 Å². The van der Waals surface area contributed by atoms with Crippen LogP contribution in [0.25, 0.3) is 0 Å². The zero-order valence-corrected chi connectivity index (χ0v) is 9.80. The van der Waals surface area contributed by atoms with E-state index in [1.54, 1.807) is 24.5 Å². The van der Waals surface area contributed by atoms with E-state index in [1.165, 1.54) is 5.56 Å². The van der Waals surface area contributed by atoms with E-state index in [0.717, 1.165) is 12.1 Å². The Hall–Kier alpha value is -1.87. The molecule has 1 atom stereocenters. The number of rotatable bonds is 4. The van der Waals surface area contributed by atoms with Crippen molar-refractivity contribution in [2.75, 3.05) is 0 Å². The Morgan fingerprint density at radius 2 is 2.00 bits per heavy atom.